The molecule has 0 bridgehead atoms. The van der Waals surface area contributed by atoms with E-state index in [1.807, 2.05) is 24.3 Å². The highest BCUT2D eigenvalue weighted by atomic mass is 16.7. The van der Waals surface area contributed by atoms with Crippen molar-refractivity contribution in [2.75, 3.05) is 0 Å². The highest BCUT2D eigenvalue weighted by molar-refractivity contribution is 6.18. The molecule has 2 aromatic carbocycles. The Morgan fingerprint density at radius 1 is 1.30 bits per heavy atom. The van der Waals surface area contributed by atoms with Gasteiger partial charge in [-0.15, -0.1) is 6.42 Å². The third-order valence-corrected chi connectivity index (χ3v) is 4.22. The van der Waals surface area contributed by atoms with E-state index >= 15 is 0 Å². The molecule has 0 N–H and O–H groups in total. The van der Waals surface area contributed by atoms with Gasteiger partial charge in [-0.25, -0.2) is 4.79 Å². The van der Waals surface area contributed by atoms with Gasteiger partial charge in [-0.2, -0.15) is 0 Å². The molecule has 4 nitrogen and oxygen atoms in total. The van der Waals surface area contributed by atoms with Crippen LogP contribution in [0.3, 0.4) is 0 Å². The lowest BCUT2D eigenvalue weighted by Crippen LogP contribution is -2.15. The van der Waals surface area contributed by atoms with Gasteiger partial charge >= 0.3 is 5.97 Å². The van der Waals surface area contributed by atoms with Gasteiger partial charge in [0.15, 0.2) is 0 Å². The number of aryl methyl sites for hydroxylation is 1. The summed E-state index contributed by atoms with van der Waals surface area (Å²) in [6.45, 7) is 2.15. The molecular weight excluding hydrogens is 288 g/mol. The molecule has 0 aliphatic carbocycles. The van der Waals surface area contributed by atoms with E-state index in [0.717, 1.165) is 51.6 Å². The number of fused-ring (bicyclic) bond motifs is 3. The number of hydrogen-bond donors (Lipinski definition) is 0. The fourth-order valence-electron chi connectivity index (χ4n) is 3.28. The van der Waals surface area contributed by atoms with Crippen LogP contribution >= 0.6 is 0 Å². The van der Waals surface area contributed by atoms with Crippen LogP contribution in [0.4, 0.5) is 0 Å². The summed E-state index contributed by atoms with van der Waals surface area (Å²) in [7, 11) is 0. The summed E-state index contributed by atoms with van der Waals surface area (Å²) in [5, 5.41) is 6.32. The van der Waals surface area contributed by atoms with Crippen molar-refractivity contribution in [1.82, 2.24) is 4.57 Å². The highest BCUT2D eigenvalue weighted by Crippen LogP contribution is 2.35. The Hall–Kier alpha value is -3.06. The topological polar surface area (TPSA) is 43.6 Å². The highest BCUT2D eigenvalue weighted by Gasteiger charge is 2.22. The average molecular weight is 302 g/mol. The number of para-hydroxylation sites is 1. The fourth-order valence-corrected chi connectivity index (χ4v) is 3.28. The van der Waals surface area contributed by atoms with Crippen molar-refractivity contribution in [2.45, 2.75) is 19.9 Å². The Morgan fingerprint density at radius 2 is 2.17 bits per heavy atom. The van der Waals surface area contributed by atoms with Gasteiger partial charge in [0.1, 0.15) is 0 Å². The summed E-state index contributed by atoms with van der Waals surface area (Å²) in [5.74, 6) is 2.28. The lowest BCUT2D eigenvalue weighted by Gasteiger charge is -2.17. The summed E-state index contributed by atoms with van der Waals surface area (Å²) < 4.78 is 2.28. The second-order valence-corrected chi connectivity index (χ2v) is 5.60. The summed E-state index contributed by atoms with van der Waals surface area (Å²) in [5.41, 5.74) is 4.97. The first-order valence-corrected chi connectivity index (χ1v) is 7.45. The van der Waals surface area contributed by atoms with E-state index in [0.29, 0.717) is 0 Å². The van der Waals surface area contributed by atoms with Crippen molar-refractivity contribution >= 4 is 33.5 Å². The minimum atomic E-state index is -0.408. The van der Waals surface area contributed by atoms with Crippen LogP contribution in [0.5, 0.6) is 0 Å². The summed E-state index contributed by atoms with van der Waals surface area (Å²) in [4.78, 5) is 15.9. The molecule has 1 aromatic heterocycles. The van der Waals surface area contributed by atoms with Gasteiger partial charge in [0.2, 0.25) is 0 Å². The van der Waals surface area contributed by atoms with E-state index in [2.05, 4.69) is 27.8 Å². The van der Waals surface area contributed by atoms with Gasteiger partial charge in [0.05, 0.1) is 11.2 Å². The molecule has 0 amide bonds. The SMILES string of the molecule is C#Cc1ccc2c(c1)c1cccc3c1n2CC/C3=N\OC(C)=O. The number of hydrogen-bond acceptors (Lipinski definition) is 3. The fraction of sp³-hybridized carbons (Fsp3) is 0.158. The second kappa shape index (κ2) is 4.99. The van der Waals surface area contributed by atoms with Crippen molar-refractivity contribution in [3.8, 4) is 12.3 Å². The van der Waals surface area contributed by atoms with Crippen LogP contribution in [0.1, 0.15) is 24.5 Å². The van der Waals surface area contributed by atoms with Gasteiger partial charge in [0, 0.05) is 47.3 Å². The van der Waals surface area contributed by atoms with Gasteiger partial charge in [-0.1, -0.05) is 29.3 Å². The molecule has 0 radical (unpaired) electrons. The van der Waals surface area contributed by atoms with E-state index in [4.69, 9.17) is 11.3 Å². The maximum absolute atomic E-state index is 11.0. The molecule has 0 saturated carbocycles. The third kappa shape index (κ3) is 2.01. The van der Waals surface area contributed by atoms with Crippen molar-refractivity contribution in [3.63, 3.8) is 0 Å². The van der Waals surface area contributed by atoms with Crippen molar-refractivity contribution in [2.24, 2.45) is 5.16 Å². The largest absolute Gasteiger partial charge is 0.340 e. The smallest absolute Gasteiger partial charge is 0.331 e. The van der Waals surface area contributed by atoms with Crippen LogP contribution in [0, 0.1) is 12.3 Å². The first-order valence-electron chi connectivity index (χ1n) is 7.45. The van der Waals surface area contributed by atoms with E-state index < -0.39 is 5.97 Å². The molecule has 112 valence electrons. The molecule has 2 heterocycles. The van der Waals surface area contributed by atoms with Crippen LogP contribution in [0.15, 0.2) is 41.6 Å². The van der Waals surface area contributed by atoms with Crippen LogP contribution in [0.2, 0.25) is 0 Å². The third-order valence-electron chi connectivity index (χ3n) is 4.22. The van der Waals surface area contributed by atoms with E-state index in [1.54, 1.807) is 0 Å². The zero-order valence-corrected chi connectivity index (χ0v) is 12.7. The van der Waals surface area contributed by atoms with Gasteiger partial charge in [0.25, 0.3) is 0 Å². The van der Waals surface area contributed by atoms with Crippen LogP contribution in [0.25, 0.3) is 21.8 Å². The molecule has 4 rings (SSSR count). The Kier molecular flexibility index (Phi) is 2.95. The Balaban J connectivity index is 2.04. The lowest BCUT2D eigenvalue weighted by atomic mass is 10.0. The Labute approximate surface area is 133 Å². The summed E-state index contributed by atoms with van der Waals surface area (Å²) >= 11 is 0. The number of terminal acetylenes is 1. The maximum Gasteiger partial charge on any atom is 0.331 e. The molecule has 0 saturated heterocycles. The predicted molar refractivity (Wildman–Crippen MR) is 90.3 cm³/mol. The molecule has 3 aromatic rings. The van der Waals surface area contributed by atoms with Crippen LogP contribution in [-0.2, 0) is 16.2 Å². The van der Waals surface area contributed by atoms with Crippen LogP contribution in [-0.4, -0.2) is 16.2 Å². The number of benzene rings is 2. The summed E-state index contributed by atoms with van der Waals surface area (Å²) in [6.07, 6.45) is 6.25. The van der Waals surface area contributed by atoms with Crippen molar-refractivity contribution < 1.29 is 9.63 Å². The van der Waals surface area contributed by atoms with Gasteiger partial charge in [-0.3, -0.25) is 0 Å². The Morgan fingerprint density at radius 3 is 2.96 bits per heavy atom. The minimum absolute atomic E-state index is 0.408. The normalized spacial score (nSPS) is 15.0. The van der Waals surface area contributed by atoms with E-state index in [-0.39, 0.29) is 0 Å². The van der Waals surface area contributed by atoms with Gasteiger partial charge in [-0.05, 0) is 18.2 Å². The van der Waals surface area contributed by atoms with E-state index in [1.165, 1.54) is 6.92 Å². The molecule has 0 spiro atoms. The molecule has 0 unspecified atom stereocenters. The second-order valence-electron chi connectivity index (χ2n) is 5.60. The quantitative estimate of drug-likeness (QED) is 0.392. The monoisotopic (exact) mass is 302 g/mol. The average Bonchev–Trinajstić information content (AvgIpc) is 2.89. The molecule has 4 heteroatoms. The van der Waals surface area contributed by atoms with E-state index in [9.17, 15) is 4.79 Å². The van der Waals surface area contributed by atoms with Crippen molar-refractivity contribution in [1.29, 1.82) is 0 Å². The van der Waals surface area contributed by atoms with Crippen LogP contribution < -0.4 is 0 Å². The minimum Gasteiger partial charge on any atom is -0.340 e. The predicted octanol–water partition coefficient (Wildman–Crippen LogP) is 3.45. The first-order chi connectivity index (χ1) is 11.2. The number of carbonyl (C=O) groups is 1. The maximum atomic E-state index is 11.0. The molecule has 0 atom stereocenters. The zero-order valence-electron chi connectivity index (χ0n) is 12.7. The lowest BCUT2D eigenvalue weighted by molar-refractivity contribution is -0.140. The number of rotatable bonds is 1. The first kappa shape index (κ1) is 13.6. The summed E-state index contributed by atoms with van der Waals surface area (Å²) in [6, 6.07) is 12.2. The number of aromatic nitrogens is 1. The number of oxime groups is 1. The number of nitrogens with zero attached hydrogens (tertiary/aromatic N) is 2. The molecule has 1 aliphatic rings. The molecule has 1 aliphatic heterocycles. The molecule has 0 fully saturated rings. The van der Waals surface area contributed by atoms with Gasteiger partial charge < -0.3 is 9.40 Å². The zero-order chi connectivity index (χ0) is 16.0. The molecule has 23 heavy (non-hydrogen) atoms. The standard InChI is InChI=1S/C19H14N2O2/c1-3-13-7-8-18-16(11-13)14-5-4-6-15-17(20-23-12(2)22)9-10-21(18)19(14)15/h1,4-8,11H,9-10H2,2H3/b20-17+. The number of carbonyl (C=O) groups excluding carboxylic acids is 1. The van der Waals surface area contributed by atoms with Crippen molar-refractivity contribution in [3.05, 3.63) is 47.5 Å². The molecular formula is C19H14N2O2. The Bertz CT molecular complexity index is 1030.